The van der Waals surface area contributed by atoms with E-state index in [4.69, 9.17) is 9.47 Å². The van der Waals surface area contributed by atoms with Gasteiger partial charge in [-0.25, -0.2) is 0 Å². The van der Waals surface area contributed by atoms with E-state index in [0.717, 1.165) is 22.3 Å². The van der Waals surface area contributed by atoms with Crippen LogP contribution in [0, 0.1) is 0 Å². The molecule has 1 atom stereocenters. The molecule has 1 aromatic carbocycles. The lowest BCUT2D eigenvalue weighted by Gasteiger charge is -2.16. The number of rotatable bonds is 8. The lowest BCUT2D eigenvalue weighted by Crippen LogP contribution is -2.24. The maximum absolute atomic E-state index is 9.67. The van der Waals surface area contributed by atoms with Crippen molar-refractivity contribution in [3.63, 3.8) is 0 Å². The molecule has 0 aliphatic carbocycles. The normalized spacial score (nSPS) is 12.4. The molecule has 2 N–H and O–H groups in total. The summed E-state index contributed by atoms with van der Waals surface area (Å²) in [5.41, 5.74) is 1.05. The topological polar surface area (TPSA) is 50.7 Å². The third-order valence-corrected chi connectivity index (χ3v) is 2.97. The number of benzene rings is 1. The molecule has 18 heavy (non-hydrogen) atoms. The van der Waals surface area contributed by atoms with Crippen LogP contribution in [0.4, 0.5) is 0 Å². The summed E-state index contributed by atoms with van der Waals surface area (Å²) in [7, 11) is 1.88. The van der Waals surface area contributed by atoms with Gasteiger partial charge in [0.25, 0.3) is 0 Å². The van der Waals surface area contributed by atoms with Crippen LogP contribution < -0.4 is 10.1 Å². The summed E-state index contributed by atoms with van der Waals surface area (Å²) >= 11 is 3.45. The molecule has 0 heterocycles. The summed E-state index contributed by atoms with van der Waals surface area (Å²) in [6.07, 6.45) is -0.612. The Hall–Kier alpha value is -0.620. The standard InChI is InChI=1S/C13H20BrNO3/c1-3-17-8-11(16)9-18-13-10(7-15-2)5-4-6-12(13)14/h4-6,11,15-16H,3,7-9H2,1-2H3. The second-order valence-corrected chi connectivity index (χ2v) is 4.74. The van der Waals surface area contributed by atoms with E-state index < -0.39 is 6.10 Å². The van der Waals surface area contributed by atoms with Gasteiger partial charge < -0.3 is 19.9 Å². The lowest BCUT2D eigenvalue weighted by molar-refractivity contribution is 0.0161. The molecule has 1 unspecified atom stereocenters. The largest absolute Gasteiger partial charge is 0.489 e. The molecule has 0 bridgehead atoms. The van der Waals surface area contributed by atoms with E-state index in [9.17, 15) is 5.11 Å². The van der Waals surface area contributed by atoms with Crippen LogP contribution >= 0.6 is 15.9 Å². The highest BCUT2D eigenvalue weighted by molar-refractivity contribution is 9.10. The van der Waals surface area contributed by atoms with Crippen LogP contribution in [0.5, 0.6) is 5.75 Å². The molecule has 5 heteroatoms. The molecule has 102 valence electrons. The van der Waals surface area contributed by atoms with Gasteiger partial charge in [-0.3, -0.25) is 0 Å². The highest BCUT2D eigenvalue weighted by atomic mass is 79.9. The maximum Gasteiger partial charge on any atom is 0.138 e. The minimum Gasteiger partial charge on any atom is -0.489 e. The third kappa shape index (κ3) is 4.94. The van der Waals surface area contributed by atoms with E-state index in [-0.39, 0.29) is 6.61 Å². The summed E-state index contributed by atoms with van der Waals surface area (Å²) in [4.78, 5) is 0. The molecule has 4 nitrogen and oxygen atoms in total. The van der Waals surface area contributed by atoms with Crippen molar-refractivity contribution in [2.75, 3.05) is 26.9 Å². The summed E-state index contributed by atoms with van der Waals surface area (Å²) in [5, 5.41) is 12.8. The van der Waals surface area contributed by atoms with Crippen molar-refractivity contribution in [3.8, 4) is 5.75 Å². The van der Waals surface area contributed by atoms with Gasteiger partial charge in [-0.05, 0) is 36.0 Å². The van der Waals surface area contributed by atoms with Gasteiger partial charge in [0.1, 0.15) is 18.5 Å². The van der Waals surface area contributed by atoms with Gasteiger partial charge in [0.15, 0.2) is 0 Å². The van der Waals surface area contributed by atoms with E-state index in [0.29, 0.717) is 13.2 Å². The highest BCUT2D eigenvalue weighted by Gasteiger charge is 2.10. The van der Waals surface area contributed by atoms with E-state index in [1.54, 1.807) is 0 Å². The first kappa shape index (κ1) is 15.4. The molecule has 0 saturated heterocycles. The van der Waals surface area contributed by atoms with Crippen LogP contribution in [0.2, 0.25) is 0 Å². The van der Waals surface area contributed by atoms with Crippen molar-refractivity contribution in [1.29, 1.82) is 0 Å². The molecule has 0 radical (unpaired) electrons. The van der Waals surface area contributed by atoms with Gasteiger partial charge in [0.2, 0.25) is 0 Å². The molecule has 0 amide bonds. The quantitative estimate of drug-likeness (QED) is 0.769. The number of aliphatic hydroxyl groups excluding tert-OH is 1. The van der Waals surface area contributed by atoms with Gasteiger partial charge >= 0.3 is 0 Å². The first-order chi connectivity index (χ1) is 8.69. The highest BCUT2D eigenvalue weighted by Crippen LogP contribution is 2.29. The van der Waals surface area contributed by atoms with Crippen LogP contribution in [-0.4, -0.2) is 38.1 Å². The zero-order valence-electron chi connectivity index (χ0n) is 10.8. The molecular weight excluding hydrogens is 298 g/mol. The number of hydrogen-bond acceptors (Lipinski definition) is 4. The fraction of sp³-hybridized carbons (Fsp3) is 0.538. The van der Waals surface area contributed by atoms with Crippen LogP contribution in [0.3, 0.4) is 0 Å². The van der Waals surface area contributed by atoms with Crippen molar-refractivity contribution in [2.45, 2.75) is 19.6 Å². The van der Waals surface area contributed by atoms with Crippen LogP contribution in [0.15, 0.2) is 22.7 Å². The Bertz CT molecular complexity index is 360. The SMILES string of the molecule is CCOCC(O)COc1c(Br)cccc1CNC. The van der Waals surface area contributed by atoms with Crippen molar-refractivity contribution in [2.24, 2.45) is 0 Å². The van der Waals surface area contributed by atoms with Crippen molar-refractivity contribution < 1.29 is 14.6 Å². The summed E-state index contributed by atoms with van der Waals surface area (Å²) < 4.78 is 11.7. The Morgan fingerprint density at radius 3 is 2.83 bits per heavy atom. The van der Waals surface area contributed by atoms with E-state index in [1.807, 2.05) is 32.2 Å². The second-order valence-electron chi connectivity index (χ2n) is 3.88. The van der Waals surface area contributed by atoms with E-state index >= 15 is 0 Å². The first-order valence-electron chi connectivity index (χ1n) is 5.99. The fourth-order valence-electron chi connectivity index (χ4n) is 1.53. The zero-order chi connectivity index (χ0) is 13.4. The fourth-order valence-corrected chi connectivity index (χ4v) is 2.05. The molecule has 0 aliphatic rings. The van der Waals surface area contributed by atoms with Gasteiger partial charge in [0.05, 0.1) is 11.1 Å². The number of nitrogens with one attached hydrogen (secondary N) is 1. The van der Waals surface area contributed by atoms with Crippen LogP contribution in [-0.2, 0) is 11.3 Å². The minimum absolute atomic E-state index is 0.222. The number of para-hydroxylation sites is 1. The molecule has 1 aromatic rings. The van der Waals surface area contributed by atoms with Crippen LogP contribution in [0.25, 0.3) is 0 Å². The van der Waals surface area contributed by atoms with Gasteiger partial charge in [0, 0.05) is 18.7 Å². The molecule has 0 spiro atoms. The van der Waals surface area contributed by atoms with E-state index in [2.05, 4.69) is 21.2 Å². The molecule has 0 aromatic heterocycles. The number of ether oxygens (including phenoxy) is 2. The Balaban J connectivity index is 2.59. The molecular formula is C13H20BrNO3. The summed E-state index contributed by atoms with van der Waals surface area (Å²) in [6, 6.07) is 5.87. The average Bonchev–Trinajstić information content (AvgIpc) is 2.36. The van der Waals surface area contributed by atoms with Crippen molar-refractivity contribution in [3.05, 3.63) is 28.2 Å². The van der Waals surface area contributed by atoms with E-state index in [1.165, 1.54) is 0 Å². The van der Waals surface area contributed by atoms with Crippen molar-refractivity contribution >= 4 is 15.9 Å². The summed E-state index contributed by atoms with van der Waals surface area (Å²) in [5.74, 6) is 0.766. The molecule has 0 saturated carbocycles. The lowest BCUT2D eigenvalue weighted by atomic mass is 10.2. The smallest absolute Gasteiger partial charge is 0.138 e. The van der Waals surface area contributed by atoms with Crippen LogP contribution in [0.1, 0.15) is 12.5 Å². The predicted molar refractivity (Wildman–Crippen MR) is 74.9 cm³/mol. The van der Waals surface area contributed by atoms with Gasteiger partial charge in [-0.15, -0.1) is 0 Å². The Morgan fingerprint density at radius 2 is 2.17 bits per heavy atom. The van der Waals surface area contributed by atoms with Gasteiger partial charge in [-0.1, -0.05) is 12.1 Å². The third-order valence-electron chi connectivity index (χ3n) is 2.35. The summed E-state index contributed by atoms with van der Waals surface area (Å²) in [6.45, 7) is 3.72. The number of aliphatic hydroxyl groups is 1. The number of halogens is 1. The molecule has 0 aliphatic heterocycles. The average molecular weight is 318 g/mol. The first-order valence-corrected chi connectivity index (χ1v) is 6.79. The van der Waals surface area contributed by atoms with Crippen molar-refractivity contribution in [1.82, 2.24) is 5.32 Å². The number of hydrogen-bond donors (Lipinski definition) is 2. The molecule has 0 fully saturated rings. The minimum atomic E-state index is -0.612. The zero-order valence-corrected chi connectivity index (χ0v) is 12.4. The van der Waals surface area contributed by atoms with Gasteiger partial charge in [-0.2, -0.15) is 0 Å². The predicted octanol–water partition coefficient (Wildman–Crippen LogP) is 1.94. The Morgan fingerprint density at radius 1 is 1.39 bits per heavy atom. The second kappa shape index (κ2) is 8.48. The Labute approximate surface area is 116 Å². The maximum atomic E-state index is 9.67. The Kier molecular flexibility index (Phi) is 7.27. The molecule has 1 rings (SSSR count). The monoisotopic (exact) mass is 317 g/mol.